The van der Waals surface area contributed by atoms with Gasteiger partial charge in [0.25, 0.3) is 5.91 Å². The molecule has 56 heavy (non-hydrogen) atoms. The third kappa shape index (κ3) is 8.99. The van der Waals surface area contributed by atoms with E-state index in [-0.39, 0.29) is 29.3 Å². The number of pyridine rings is 1. The second kappa shape index (κ2) is 16.8. The van der Waals surface area contributed by atoms with Crippen LogP contribution in [0.1, 0.15) is 74.6 Å². The average molecular weight is 756 g/mol. The van der Waals surface area contributed by atoms with E-state index < -0.39 is 11.7 Å². The molecule has 5 N–H and O–H groups in total. The first kappa shape index (κ1) is 38.8. The van der Waals surface area contributed by atoms with Gasteiger partial charge in [0.15, 0.2) is 0 Å². The number of anilines is 3. The summed E-state index contributed by atoms with van der Waals surface area (Å²) in [5.74, 6) is 0.631. The summed E-state index contributed by atoms with van der Waals surface area (Å²) in [7, 11) is 1.96. The number of aromatic nitrogens is 1. The molecule has 0 saturated carbocycles. The number of hydrogen-bond donors (Lipinski definition) is 4. The Morgan fingerprint density at radius 3 is 2.29 bits per heavy atom. The predicted octanol–water partition coefficient (Wildman–Crippen LogP) is 7.54. The molecule has 3 aliphatic heterocycles. The molecule has 10 nitrogen and oxygen atoms in total. The van der Waals surface area contributed by atoms with Crippen LogP contribution in [0.25, 0.3) is 11.1 Å². The quantitative estimate of drug-likeness (QED) is 0.117. The molecule has 0 bridgehead atoms. The standard InChI is InChI=1S/C45H54FN9O/c1-45(2,3)40-27-51-43(53-40)44(56)52-25-34-10-9-33(24-39(34)46)41(47)38-23-35(26-50-42(38)48)31-7-5-30(6-8-31)32-17-19-54(20-18-32)28-29-15-21-55(22-16-29)37-13-11-36(49-4)12-14-37/h5-14,23-24,26,29,32,47,49H,15-22,25,27-28H2,1-4H3,(H2,48,50)(H,52,56). The summed E-state index contributed by atoms with van der Waals surface area (Å²) >= 11 is 0. The molecular weight excluding hydrogens is 702 g/mol. The Bertz CT molecular complexity index is 2100. The number of rotatable bonds is 11. The van der Waals surface area contributed by atoms with Crippen molar-refractivity contribution in [2.45, 2.75) is 58.9 Å². The van der Waals surface area contributed by atoms with Gasteiger partial charge in [-0.2, -0.15) is 0 Å². The molecule has 4 aromatic rings. The van der Waals surface area contributed by atoms with E-state index in [0.29, 0.717) is 29.2 Å². The summed E-state index contributed by atoms with van der Waals surface area (Å²) in [6, 6.07) is 23.8. The van der Waals surface area contributed by atoms with Gasteiger partial charge in [-0.1, -0.05) is 57.2 Å². The van der Waals surface area contributed by atoms with Gasteiger partial charge in [0.05, 0.1) is 12.3 Å². The minimum Gasteiger partial charge on any atom is -0.388 e. The van der Waals surface area contributed by atoms with E-state index in [1.54, 1.807) is 18.3 Å². The maximum Gasteiger partial charge on any atom is 0.288 e. The van der Waals surface area contributed by atoms with Crippen LogP contribution >= 0.6 is 0 Å². The van der Waals surface area contributed by atoms with E-state index in [2.05, 4.69) is 83.9 Å². The monoisotopic (exact) mass is 755 g/mol. The van der Waals surface area contributed by atoms with Gasteiger partial charge < -0.3 is 26.2 Å². The summed E-state index contributed by atoms with van der Waals surface area (Å²) in [6.07, 6.45) is 6.52. The van der Waals surface area contributed by atoms with E-state index in [1.165, 1.54) is 36.7 Å². The number of nitrogen functional groups attached to an aromatic ring is 1. The fourth-order valence-electron chi connectivity index (χ4n) is 7.94. The summed E-state index contributed by atoms with van der Waals surface area (Å²) in [5.41, 5.74) is 13.7. The highest BCUT2D eigenvalue weighted by atomic mass is 19.1. The van der Waals surface area contributed by atoms with Crippen LogP contribution in [0.15, 0.2) is 89.0 Å². The fraction of sp³-hybridized carbons (Fsp3) is 0.400. The molecule has 2 fully saturated rings. The number of halogens is 1. The lowest BCUT2D eigenvalue weighted by atomic mass is 9.87. The molecule has 3 aliphatic rings. The SMILES string of the molecule is CNc1ccc(N2CCC(CN3CCC(c4ccc(-c5cnc(N)c(C(=N)c6ccc(CNC(=O)C7=NCC(C(C)(C)C)=N7)c(F)c6)c5)cc4)CC3)CC2)cc1. The van der Waals surface area contributed by atoms with Gasteiger partial charge in [0.2, 0.25) is 5.84 Å². The fourth-order valence-corrected chi connectivity index (χ4v) is 7.94. The van der Waals surface area contributed by atoms with Crippen LogP contribution in [0.4, 0.5) is 21.6 Å². The number of carbonyl (C=O) groups is 1. The van der Waals surface area contributed by atoms with Crippen molar-refractivity contribution in [3.8, 4) is 11.1 Å². The van der Waals surface area contributed by atoms with Gasteiger partial charge in [-0.15, -0.1) is 0 Å². The molecular formula is C45H54FN9O. The molecule has 0 spiro atoms. The van der Waals surface area contributed by atoms with Crippen molar-refractivity contribution >= 4 is 40.4 Å². The summed E-state index contributed by atoms with van der Waals surface area (Å²) in [4.78, 5) is 30.9. The third-order valence-corrected chi connectivity index (χ3v) is 11.6. The molecule has 1 amide bonds. The number of nitrogens with two attached hydrogens (primary N) is 1. The Kier molecular flexibility index (Phi) is 11.6. The molecule has 0 aliphatic carbocycles. The molecule has 1 aromatic heterocycles. The van der Waals surface area contributed by atoms with Crippen molar-refractivity contribution < 1.29 is 9.18 Å². The van der Waals surface area contributed by atoms with Crippen molar-refractivity contribution in [2.24, 2.45) is 21.3 Å². The number of aliphatic imine (C=N–C) groups is 2. The number of carbonyl (C=O) groups excluding carboxylic acids is 1. The van der Waals surface area contributed by atoms with Gasteiger partial charge in [-0.05, 0) is 98.1 Å². The Morgan fingerprint density at radius 1 is 0.929 bits per heavy atom. The molecule has 0 atom stereocenters. The van der Waals surface area contributed by atoms with Crippen LogP contribution < -0.4 is 21.3 Å². The molecule has 11 heteroatoms. The highest BCUT2D eigenvalue weighted by Gasteiger charge is 2.27. The van der Waals surface area contributed by atoms with Crippen molar-refractivity contribution in [3.05, 3.63) is 107 Å². The molecule has 4 heterocycles. The summed E-state index contributed by atoms with van der Waals surface area (Å²) < 4.78 is 15.3. The van der Waals surface area contributed by atoms with Gasteiger partial charge in [-0.3, -0.25) is 15.2 Å². The average Bonchev–Trinajstić information content (AvgIpc) is 3.73. The minimum absolute atomic E-state index is 0.0283. The second-order valence-electron chi connectivity index (χ2n) is 16.4. The number of nitrogens with zero attached hydrogens (tertiary/aromatic N) is 5. The maximum atomic E-state index is 15.3. The largest absolute Gasteiger partial charge is 0.388 e. The molecule has 2 saturated heterocycles. The summed E-state index contributed by atoms with van der Waals surface area (Å²) in [5, 5.41) is 14.8. The zero-order valence-electron chi connectivity index (χ0n) is 33.0. The maximum absolute atomic E-state index is 15.3. The number of nitrogens with one attached hydrogen (secondary N) is 3. The molecule has 7 rings (SSSR count). The van der Waals surface area contributed by atoms with Crippen molar-refractivity contribution in [3.63, 3.8) is 0 Å². The number of likely N-dealkylation sites (tertiary alicyclic amines) is 1. The summed E-state index contributed by atoms with van der Waals surface area (Å²) in [6.45, 7) is 12.1. The second-order valence-corrected chi connectivity index (χ2v) is 16.4. The Balaban J connectivity index is 0.906. The number of piperidine rings is 2. The van der Waals surface area contributed by atoms with Crippen molar-refractivity contribution in [1.29, 1.82) is 5.41 Å². The lowest BCUT2D eigenvalue weighted by Crippen LogP contribution is -2.41. The Labute approximate surface area is 330 Å². The lowest BCUT2D eigenvalue weighted by molar-refractivity contribution is -0.115. The lowest BCUT2D eigenvalue weighted by Gasteiger charge is -2.38. The number of benzene rings is 3. The van der Waals surface area contributed by atoms with Crippen molar-refractivity contribution in [2.75, 3.05) is 62.3 Å². The first-order chi connectivity index (χ1) is 26.9. The number of amidine groups is 1. The highest BCUT2D eigenvalue weighted by molar-refractivity contribution is 6.41. The van der Waals surface area contributed by atoms with Crippen LogP contribution in [-0.4, -0.2) is 79.4 Å². The Morgan fingerprint density at radius 2 is 1.64 bits per heavy atom. The minimum atomic E-state index is -0.531. The van der Waals surface area contributed by atoms with Crippen LogP contribution in [0.3, 0.4) is 0 Å². The van der Waals surface area contributed by atoms with E-state index >= 15 is 4.39 Å². The van der Waals surface area contributed by atoms with Gasteiger partial charge in [0.1, 0.15) is 11.6 Å². The smallest absolute Gasteiger partial charge is 0.288 e. The van der Waals surface area contributed by atoms with Crippen LogP contribution in [0.2, 0.25) is 0 Å². The first-order valence-corrected chi connectivity index (χ1v) is 19.8. The Hall–Kier alpha value is -5.42. The van der Waals surface area contributed by atoms with Gasteiger partial charge in [-0.25, -0.2) is 14.4 Å². The zero-order valence-corrected chi connectivity index (χ0v) is 33.0. The van der Waals surface area contributed by atoms with Gasteiger partial charge in [0, 0.05) is 84.2 Å². The van der Waals surface area contributed by atoms with Crippen LogP contribution in [-0.2, 0) is 11.3 Å². The van der Waals surface area contributed by atoms with Gasteiger partial charge >= 0.3 is 0 Å². The topological polar surface area (TPSA) is 135 Å². The van der Waals surface area contributed by atoms with E-state index in [4.69, 9.17) is 11.1 Å². The van der Waals surface area contributed by atoms with E-state index in [9.17, 15) is 4.79 Å². The van der Waals surface area contributed by atoms with Crippen molar-refractivity contribution in [1.82, 2.24) is 15.2 Å². The highest BCUT2D eigenvalue weighted by Crippen LogP contribution is 2.33. The number of amides is 1. The normalized spacial score (nSPS) is 17.1. The molecule has 0 unspecified atom stereocenters. The van der Waals surface area contributed by atoms with Crippen LogP contribution in [0, 0.1) is 22.6 Å². The van der Waals surface area contributed by atoms with Crippen LogP contribution in [0.5, 0.6) is 0 Å². The third-order valence-electron chi connectivity index (χ3n) is 11.6. The van der Waals surface area contributed by atoms with E-state index in [0.717, 1.165) is 67.5 Å². The number of hydrogen-bond acceptors (Lipinski definition) is 9. The molecule has 292 valence electrons. The molecule has 3 aromatic carbocycles. The van der Waals surface area contributed by atoms with E-state index in [1.807, 2.05) is 33.9 Å². The first-order valence-electron chi connectivity index (χ1n) is 19.8. The molecule has 0 radical (unpaired) electrons. The zero-order chi connectivity index (χ0) is 39.4. The predicted molar refractivity (Wildman–Crippen MR) is 227 cm³/mol.